The largest absolute Gasteiger partial charge is 0.465 e. The molecule has 0 atom stereocenters. The second-order valence-corrected chi connectivity index (χ2v) is 13.7. The molecule has 0 aliphatic heterocycles. The van der Waals surface area contributed by atoms with Crippen LogP contribution in [0.15, 0.2) is 0 Å². The zero-order valence-electron chi connectivity index (χ0n) is 7.78. The highest BCUT2D eigenvalue weighted by atomic mass is 79.9. The average Bonchev–Trinajstić information content (AvgIpc) is 1.85. The summed E-state index contributed by atoms with van der Waals surface area (Å²) in [4.78, 5) is 11.4. The van der Waals surface area contributed by atoms with E-state index >= 15 is 0 Å². The molecule has 0 aromatic carbocycles. The molecule has 0 aliphatic carbocycles. The van der Waals surface area contributed by atoms with Crippen LogP contribution >= 0.6 is 31.9 Å². The molecule has 0 heterocycles. The lowest BCUT2D eigenvalue weighted by Gasteiger charge is -2.30. The number of halogens is 2. The summed E-state index contributed by atoms with van der Waals surface area (Å²) in [6.07, 6.45) is 0. The van der Waals surface area contributed by atoms with Gasteiger partial charge in [0.25, 0.3) is 0 Å². The molecule has 0 radical (unpaired) electrons. The number of esters is 1. The topological polar surface area (TPSA) is 26.3 Å². The third kappa shape index (κ3) is 2.85. The van der Waals surface area contributed by atoms with Crippen LogP contribution in [0.2, 0.25) is 19.6 Å². The normalized spacial score (nSPS) is 12.8. The van der Waals surface area contributed by atoms with Gasteiger partial charge in [-0.15, -0.1) is 0 Å². The smallest absolute Gasteiger partial charge is 0.330 e. The third-order valence-corrected chi connectivity index (χ3v) is 11.3. The van der Waals surface area contributed by atoms with Crippen molar-refractivity contribution in [2.75, 3.05) is 6.61 Å². The van der Waals surface area contributed by atoms with Gasteiger partial charge in [-0.2, -0.15) is 0 Å². The van der Waals surface area contributed by atoms with E-state index in [2.05, 4.69) is 51.5 Å². The molecule has 0 aliphatic rings. The maximum Gasteiger partial charge on any atom is 0.330 e. The van der Waals surface area contributed by atoms with Crippen molar-refractivity contribution in [3.63, 3.8) is 0 Å². The highest BCUT2D eigenvalue weighted by molar-refractivity contribution is 9.26. The minimum absolute atomic E-state index is 0.218. The number of carbonyl (C=O) groups is 1. The molecular formula is C7H14Br2O2Si. The van der Waals surface area contributed by atoms with Crippen molar-refractivity contribution in [1.82, 2.24) is 0 Å². The van der Waals surface area contributed by atoms with Gasteiger partial charge in [0.2, 0.25) is 0 Å². The number of carbonyl (C=O) groups excluding carboxylic acids is 1. The van der Waals surface area contributed by atoms with Crippen molar-refractivity contribution in [1.29, 1.82) is 0 Å². The number of rotatable bonds is 3. The minimum atomic E-state index is -1.63. The van der Waals surface area contributed by atoms with E-state index in [-0.39, 0.29) is 5.97 Å². The fourth-order valence-electron chi connectivity index (χ4n) is 0.528. The Kier molecular flexibility index (Phi) is 4.47. The molecule has 12 heavy (non-hydrogen) atoms. The fourth-order valence-corrected chi connectivity index (χ4v) is 1.44. The van der Waals surface area contributed by atoms with Crippen molar-refractivity contribution in [2.24, 2.45) is 0 Å². The van der Waals surface area contributed by atoms with Gasteiger partial charge in [-0.3, -0.25) is 0 Å². The van der Waals surface area contributed by atoms with E-state index in [0.29, 0.717) is 6.61 Å². The molecule has 0 fully saturated rings. The lowest BCUT2D eigenvalue weighted by molar-refractivity contribution is -0.141. The minimum Gasteiger partial charge on any atom is -0.465 e. The van der Waals surface area contributed by atoms with Crippen molar-refractivity contribution in [2.45, 2.75) is 29.4 Å². The molecule has 0 N–H and O–H groups in total. The molecule has 0 spiro atoms. The van der Waals surface area contributed by atoms with Crippen LogP contribution in [0, 0.1) is 0 Å². The summed E-state index contributed by atoms with van der Waals surface area (Å²) in [5.74, 6) is -0.218. The lowest BCUT2D eigenvalue weighted by atomic mass is 10.7. The summed E-state index contributed by atoms with van der Waals surface area (Å²) in [6, 6.07) is 0. The Bertz CT molecular complexity index is 175. The molecule has 0 aromatic rings. The van der Waals surface area contributed by atoms with Gasteiger partial charge in [-0.25, -0.2) is 4.79 Å². The molecule has 0 bridgehead atoms. The van der Waals surface area contributed by atoms with E-state index in [1.54, 1.807) is 6.92 Å². The van der Waals surface area contributed by atoms with Gasteiger partial charge in [-0.05, 0) is 6.92 Å². The molecule has 2 nitrogen and oxygen atoms in total. The van der Waals surface area contributed by atoms with Gasteiger partial charge < -0.3 is 4.74 Å². The van der Waals surface area contributed by atoms with Gasteiger partial charge in [0.1, 0.15) is 0 Å². The van der Waals surface area contributed by atoms with Crippen molar-refractivity contribution in [3.05, 3.63) is 0 Å². The van der Waals surface area contributed by atoms with Crippen molar-refractivity contribution >= 4 is 45.9 Å². The highest BCUT2D eigenvalue weighted by Crippen LogP contribution is 2.37. The molecule has 0 unspecified atom stereocenters. The van der Waals surface area contributed by atoms with Crippen LogP contribution in [0.4, 0.5) is 0 Å². The molecule has 0 saturated carbocycles. The summed E-state index contributed by atoms with van der Waals surface area (Å²) < 4.78 is 4.29. The Morgan fingerprint density at radius 1 is 1.42 bits per heavy atom. The first kappa shape index (κ1) is 12.6. The Hall–Kier alpha value is 0.647. The third-order valence-electron chi connectivity index (χ3n) is 1.47. The van der Waals surface area contributed by atoms with E-state index < -0.39 is 10.9 Å². The zero-order valence-corrected chi connectivity index (χ0v) is 12.0. The first-order valence-electron chi connectivity index (χ1n) is 3.78. The van der Waals surface area contributed by atoms with Crippen LogP contribution in [0.25, 0.3) is 0 Å². The maximum absolute atomic E-state index is 11.4. The van der Waals surface area contributed by atoms with Gasteiger partial charge >= 0.3 is 5.97 Å². The Morgan fingerprint density at radius 3 is 2.08 bits per heavy atom. The first-order valence-corrected chi connectivity index (χ1v) is 8.87. The molecule has 0 rings (SSSR count). The SMILES string of the molecule is CCOC(=O)C(Br)(Br)[Si](C)(C)C. The number of ether oxygens (including phenoxy) is 1. The van der Waals surface area contributed by atoms with Crippen LogP contribution in [0.5, 0.6) is 0 Å². The summed E-state index contributed by atoms with van der Waals surface area (Å²) in [7, 11) is -1.63. The summed E-state index contributed by atoms with van der Waals surface area (Å²) in [5.41, 5.74) is 0. The molecule has 0 amide bonds. The van der Waals surface area contributed by atoms with Crippen LogP contribution in [0.3, 0.4) is 0 Å². The van der Waals surface area contributed by atoms with E-state index in [4.69, 9.17) is 4.74 Å². The van der Waals surface area contributed by atoms with Gasteiger partial charge in [-0.1, -0.05) is 51.5 Å². The monoisotopic (exact) mass is 316 g/mol. The van der Waals surface area contributed by atoms with Crippen LogP contribution < -0.4 is 0 Å². The second-order valence-electron chi connectivity index (χ2n) is 3.54. The fraction of sp³-hybridized carbons (Fsp3) is 0.857. The van der Waals surface area contributed by atoms with Crippen LogP contribution in [-0.4, -0.2) is 23.5 Å². The van der Waals surface area contributed by atoms with Gasteiger partial charge in [0, 0.05) is 0 Å². The average molecular weight is 318 g/mol. The molecule has 0 aromatic heterocycles. The molecule has 5 heteroatoms. The Morgan fingerprint density at radius 2 is 1.83 bits per heavy atom. The van der Waals surface area contributed by atoms with Crippen molar-refractivity contribution in [3.8, 4) is 0 Å². The molecular weight excluding hydrogens is 304 g/mol. The highest BCUT2D eigenvalue weighted by Gasteiger charge is 2.46. The number of hydrogen-bond donors (Lipinski definition) is 0. The summed E-state index contributed by atoms with van der Waals surface area (Å²) in [6.45, 7) is 8.49. The maximum atomic E-state index is 11.4. The van der Waals surface area contributed by atoms with Gasteiger partial charge in [0.15, 0.2) is 2.86 Å². The van der Waals surface area contributed by atoms with E-state index in [1.807, 2.05) is 0 Å². The van der Waals surface area contributed by atoms with Crippen molar-refractivity contribution < 1.29 is 9.53 Å². The molecule has 72 valence electrons. The molecule has 0 saturated heterocycles. The standard InChI is InChI=1S/C7H14Br2O2Si/c1-5-11-6(10)7(8,9)12(2,3)4/h5H2,1-4H3. The second kappa shape index (κ2) is 4.24. The Labute approximate surface area is 91.3 Å². The van der Waals surface area contributed by atoms with Crippen LogP contribution in [-0.2, 0) is 9.53 Å². The summed E-state index contributed by atoms with van der Waals surface area (Å²) >= 11 is 6.75. The zero-order chi connectivity index (χ0) is 9.99. The van der Waals surface area contributed by atoms with E-state index in [9.17, 15) is 4.79 Å². The number of hydrogen-bond acceptors (Lipinski definition) is 2. The predicted octanol–water partition coefficient (Wildman–Crippen LogP) is 2.91. The first-order chi connectivity index (χ1) is 5.23. The predicted molar refractivity (Wildman–Crippen MR) is 60.6 cm³/mol. The van der Waals surface area contributed by atoms with Crippen LogP contribution in [0.1, 0.15) is 6.92 Å². The summed E-state index contributed by atoms with van der Waals surface area (Å²) in [5, 5.41) is 0. The van der Waals surface area contributed by atoms with Gasteiger partial charge in [0.05, 0.1) is 14.7 Å². The van der Waals surface area contributed by atoms with E-state index in [0.717, 1.165) is 0 Å². The lowest BCUT2D eigenvalue weighted by Crippen LogP contribution is -2.49. The quantitative estimate of drug-likeness (QED) is 0.454. The van der Waals surface area contributed by atoms with E-state index in [1.165, 1.54) is 0 Å². The number of alkyl halides is 2. The Balaban J connectivity index is 4.50.